The van der Waals surface area contributed by atoms with Gasteiger partial charge in [0.15, 0.2) is 0 Å². The van der Waals surface area contributed by atoms with Crippen LogP contribution in [0.1, 0.15) is 71.1 Å². The maximum absolute atomic E-state index is 10.9. The molecule has 0 aromatic carbocycles. The number of unbranched alkanes of at least 4 members (excludes halogenated alkanes) is 5. The van der Waals surface area contributed by atoms with Crippen molar-refractivity contribution in [1.82, 2.24) is 0 Å². The molecule has 0 saturated heterocycles. The molecule has 0 spiro atoms. The van der Waals surface area contributed by atoms with Gasteiger partial charge in [-0.2, -0.15) is 0 Å². The summed E-state index contributed by atoms with van der Waals surface area (Å²) in [5.74, 6) is 0.149. The van der Waals surface area contributed by atoms with Crippen LogP contribution >= 0.6 is 0 Å². The van der Waals surface area contributed by atoms with Crippen molar-refractivity contribution in [2.45, 2.75) is 71.1 Å². The third kappa shape index (κ3) is 16.6. The van der Waals surface area contributed by atoms with Crippen molar-refractivity contribution < 1.29 is 14.3 Å². The topological polar surface area (TPSA) is 43.4 Å². The van der Waals surface area contributed by atoms with Gasteiger partial charge >= 0.3 is 5.97 Å². The Morgan fingerprint density at radius 3 is 2.10 bits per heavy atom. The van der Waals surface area contributed by atoms with Gasteiger partial charge in [0, 0.05) is 12.8 Å². The zero-order chi connectivity index (χ0) is 15.8. The molecule has 0 aliphatic rings. The molecular formula is C18H30O3. The molecule has 0 rings (SSSR count). The van der Waals surface area contributed by atoms with E-state index >= 15 is 0 Å². The van der Waals surface area contributed by atoms with Crippen LogP contribution in [0, 0.1) is 0 Å². The first-order valence-corrected chi connectivity index (χ1v) is 8.03. The number of allylic oxidation sites excluding steroid dienone is 4. The minimum absolute atomic E-state index is 0.103. The first kappa shape index (κ1) is 19.6. The van der Waals surface area contributed by atoms with E-state index in [-0.39, 0.29) is 11.8 Å². The largest absolute Gasteiger partial charge is 0.469 e. The first-order chi connectivity index (χ1) is 10.2. The number of methoxy groups -OCH3 is 1. The predicted molar refractivity (Wildman–Crippen MR) is 87.1 cm³/mol. The van der Waals surface area contributed by atoms with Gasteiger partial charge in [-0.25, -0.2) is 0 Å². The Labute approximate surface area is 129 Å². The second-order valence-electron chi connectivity index (χ2n) is 5.30. The van der Waals surface area contributed by atoms with Gasteiger partial charge in [-0.15, -0.1) is 0 Å². The van der Waals surface area contributed by atoms with Gasteiger partial charge in [0.05, 0.1) is 7.11 Å². The average molecular weight is 294 g/mol. The fraction of sp³-hybridized carbons (Fsp3) is 0.667. The minimum atomic E-state index is -0.103. The molecule has 0 radical (unpaired) electrons. The molecule has 0 heterocycles. The second kappa shape index (κ2) is 15.0. The Kier molecular flexibility index (Phi) is 14.0. The van der Waals surface area contributed by atoms with Crippen LogP contribution in [0.4, 0.5) is 0 Å². The smallest absolute Gasteiger partial charge is 0.305 e. The van der Waals surface area contributed by atoms with Crippen molar-refractivity contribution in [3.63, 3.8) is 0 Å². The molecule has 0 aromatic rings. The van der Waals surface area contributed by atoms with Gasteiger partial charge in [-0.1, -0.05) is 43.6 Å². The fourth-order valence-electron chi connectivity index (χ4n) is 1.96. The molecule has 0 fully saturated rings. The minimum Gasteiger partial charge on any atom is -0.469 e. The van der Waals surface area contributed by atoms with E-state index in [1.165, 1.54) is 26.4 Å². The molecule has 120 valence electrons. The monoisotopic (exact) mass is 294 g/mol. The quantitative estimate of drug-likeness (QED) is 0.279. The Morgan fingerprint density at radius 2 is 1.43 bits per heavy atom. The van der Waals surface area contributed by atoms with Crippen LogP contribution in [0.3, 0.4) is 0 Å². The zero-order valence-electron chi connectivity index (χ0n) is 13.6. The van der Waals surface area contributed by atoms with E-state index in [2.05, 4.69) is 29.0 Å². The van der Waals surface area contributed by atoms with E-state index in [0.29, 0.717) is 12.8 Å². The summed E-state index contributed by atoms with van der Waals surface area (Å²) >= 11 is 0. The van der Waals surface area contributed by atoms with Gasteiger partial charge in [0.2, 0.25) is 0 Å². The molecule has 0 aromatic heterocycles. The van der Waals surface area contributed by atoms with Gasteiger partial charge in [0.1, 0.15) is 5.78 Å². The highest BCUT2D eigenvalue weighted by atomic mass is 16.5. The predicted octanol–water partition coefficient (Wildman–Crippen LogP) is 4.76. The highest BCUT2D eigenvalue weighted by Gasteiger charge is 1.98. The SMILES string of the molecule is COC(=O)CCCCCCC/C=C/C/C=C/CCC(C)=O. The Morgan fingerprint density at radius 1 is 0.810 bits per heavy atom. The van der Waals surface area contributed by atoms with Crippen LogP contribution in [-0.4, -0.2) is 18.9 Å². The van der Waals surface area contributed by atoms with Crippen molar-refractivity contribution in [3.05, 3.63) is 24.3 Å². The standard InChI is InChI=1S/C18H30O3/c1-17(19)15-13-11-9-7-5-3-4-6-8-10-12-14-16-18(20)21-2/h3,5,9,11H,4,6-8,10,12-16H2,1-2H3/b5-3+,11-9+. The molecule has 0 aliphatic heterocycles. The molecule has 0 N–H and O–H groups in total. The lowest BCUT2D eigenvalue weighted by Gasteiger charge is -1.99. The lowest BCUT2D eigenvalue weighted by Crippen LogP contribution is -1.98. The third-order valence-electron chi connectivity index (χ3n) is 3.25. The summed E-state index contributed by atoms with van der Waals surface area (Å²) in [6.45, 7) is 1.63. The Hall–Kier alpha value is -1.38. The Balaban J connectivity index is 3.25. The van der Waals surface area contributed by atoms with Crippen LogP contribution in [-0.2, 0) is 14.3 Å². The summed E-state index contributed by atoms with van der Waals surface area (Å²) in [5.41, 5.74) is 0. The number of esters is 1. The summed E-state index contributed by atoms with van der Waals surface area (Å²) < 4.78 is 4.60. The van der Waals surface area contributed by atoms with Crippen LogP contribution in [0.25, 0.3) is 0 Å². The van der Waals surface area contributed by atoms with Gasteiger partial charge in [-0.05, 0) is 39.0 Å². The normalized spacial score (nSPS) is 11.3. The van der Waals surface area contributed by atoms with E-state index in [9.17, 15) is 9.59 Å². The van der Waals surface area contributed by atoms with Crippen molar-refractivity contribution in [1.29, 1.82) is 0 Å². The number of rotatable bonds is 13. The third-order valence-corrected chi connectivity index (χ3v) is 3.25. The maximum Gasteiger partial charge on any atom is 0.305 e. The van der Waals surface area contributed by atoms with Crippen LogP contribution in [0.5, 0.6) is 0 Å². The van der Waals surface area contributed by atoms with Crippen LogP contribution in [0.2, 0.25) is 0 Å². The van der Waals surface area contributed by atoms with Crippen molar-refractivity contribution >= 4 is 11.8 Å². The summed E-state index contributed by atoms with van der Waals surface area (Å²) in [4.78, 5) is 21.6. The molecule has 0 unspecified atom stereocenters. The van der Waals surface area contributed by atoms with E-state index < -0.39 is 0 Å². The zero-order valence-corrected chi connectivity index (χ0v) is 13.6. The number of Topliss-reactive ketones (excluding diaryl/α,β-unsaturated/α-hetero) is 1. The number of hydrogen-bond acceptors (Lipinski definition) is 3. The highest BCUT2D eigenvalue weighted by Crippen LogP contribution is 2.08. The molecule has 0 amide bonds. The van der Waals surface area contributed by atoms with Gasteiger partial charge < -0.3 is 9.53 Å². The van der Waals surface area contributed by atoms with Crippen LogP contribution < -0.4 is 0 Å². The van der Waals surface area contributed by atoms with Gasteiger partial charge in [-0.3, -0.25) is 4.79 Å². The lowest BCUT2D eigenvalue weighted by atomic mass is 10.1. The van der Waals surface area contributed by atoms with E-state index in [4.69, 9.17) is 0 Å². The summed E-state index contributed by atoms with van der Waals surface area (Å²) in [6, 6.07) is 0. The molecular weight excluding hydrogens is 264 g/mol. The van der Waals surface area contributed by atoms with E-state index in [1.807, 2.05) is 0 Å². The molecule has 0 bridgehead atoms. The van der Waals surface area contributed by atoms with Crippen molar-refractivity contribution in [3.8, 4) is 0 Å². The van der Waals surface area contributed by atoms with Crippen molar-refractivity contribution in [2.24, 2.45) is 0 Å². The number of carbonyl (C=O) groups is 2. The van der Waals surface area contributed by atoms with Crippen molar-refractivity contribution in [2.75, 3.05) is 7.11 Å². The highest BCUT2D eigenvalue weighted by molar-refractivity contribution is 5.75. The first-order valence-electron chi connectivity index (χ1n) is 8.03. The average Bonchev–Trinajstić information content (AvgIpc) is 2.46. The van der Waals surface area contributed by atoms with Gasteiger partial charge in [0.25, 0.3) is 0 Å². The summed E-state index contributed by atoms with van der Waals surface area (Å²) in [6.07, 6.45) is 18.4. The molecule has 0 aliphatic carbocycles. The van der Waals surface area contributed by atoms with Crippen LogP contribution in [0.15, 0.2) is 24.3 Å². The second-order valence-corrected chi connectivity index (χ2v) is 5.30. The molecule has 0 atom stereocenters. The maximum atomic E-state index is 10.9. The number of ketones is 1. The number of ether oxygens (including phenoxy) is 1. The Bertz CT molecular complexity index is 329. The summed E-state index contributed by atoms with van der Waals surface area (Å²) in [5, 5.41) is 0. The molecule has 21 heavy (non-hydrogen) atoms. The molecule has 0 saturated carbocycles. The molecule has 3 nitrogen and oxygen atoms in total. The lowest BCUT2D eigenvalue weighted by molar-refractivity contribution is -0.140. The number of hydrogen-bond donors (Lipinski definition) is 0. The molecule has 3 heteroatoms. The summed E-state index contributed by atoms with van der Waals surface area (Å²) in [7, 11) is 1.44. The van der Waals surface area contributed by atoms with E-state index in [1.54, 1.807) is 6.92 Å². The van der Waals surface area contributed by atoms with E-state index in [0.717, 1.165) is 32.1 Å². The number of carbonyl (C=O) groups excluding carboxylic acids is 2. The fourth-order valence-corrected chi connectivity index (χ4v) is 1.96.